The predicted octanol–water partition coefficient (Wildman–Crippen LogP) is 1.32. The molecule has 9 heteroatoms. The molecule has 7 nitrogen and oxygen atoms in total. The van der Waals surface area contributed by atoms with Crippen molar-refractivity contribution in [2.24, 2.45) is 0 Å². The highest BCUT2D eigenvalue weighted by Gasteiger charge is 2.19. The summed E-state index contributed by atoms with van der Waals surface area (Å²) in [5.74, 6) is -0.795. The number of nitrogens with one attached hydrogen (secondary N) is 1. The first-order valence-corrected chi connectivity index (χ1v) is 7.45. The lowest BCUT2D eigenvalue weighted by Gasteiger charge is -2.09. The third kappa shape index (κ3) is 3.07. The zero-order valence-corrected chi connectivity index (χ0v) is 12.5. The summed E-state index contributed by atoms with van der Waals surface area (Å²) in [6, 6.07) is 2.22. The van der Waals surface area contributed by atoms with Crippen LogP contribution in [-0.4, -0.2) is 23.6 Å². The Kier molecular flexibility index (Phi) is 3.77. The quantitative estimate of drug-likeness (QED) is 0.827. The lowest BCUT2D eigenvalue weighted by Crippen LogP contribution is -2.17. The van der Waals surface area contributed by atoms with Gasteiger partial charge in [0.15, 0.2) is 0 Å². The molecule has 1 aromatic heterocycles. The molecule has 0 radical (unpaired) electrons. The average Bonchev–Trinajstić information content (AvgIpc) is 2.39. The van der Waals surface area contributed by atoms with Gasteiger partial charge >= 0.3 is 0 Å². The Morgan fingerprint density at radius 3 is 2.38 bits per heavy atom. The monoisotopic (exact) mass is 311 g/mol. The van der Waals surface area contributed by atoms with Gasteiger partial charge in [0, 0.05) is 0 Å². The second-order valence-corrected chi connectivity index (χ2v) is 6.24. The van der Waals surface area contributed by atoms with Crippen molar-refractivity contribution in [3.63, 3.8) is 0 Å². The van der Waals surface area contributed by atoms with Crippen LogP contribution in [0.2, 0.25) is 0 Å². The van der Waals surface area contributed by atoms with Gasteiger partial charge in [-0.05, 0) is 38.5 Å². The number of halogens is 1. The molecule has 112 valence electrons. The van der Waals surface area contributed by atoms with Crippen LogP contribution in [0.15, 0.2) is 17.0 Å². The Hall–Kier alpha value is -2.29. The molecule has 3 N–H and O–H groups in total. The molecule has 1 heterocycles. The molecule has 0 bridgehead atoms. The van der Waals surface area contributed by atoms with E-state index in [1.54, 1.807) is 13.8 Å². The highest BCUT2D eigenvalue weighted by Crippen LogP contribution is 2.22. The summed E-state index contributed by atoms with van der Waals surface area (Å²) in [6.45, 7) is 4.82. The number of anilines is 2. The number of sulfonamides is 1. The fraction of sp³-hybridized carbons (Fsp3) is 0.250. The maximum absolute atomic E-state index is 13.4. The smallest absolute Gasteiger partial charge is 0.264 e. The van der Waals surface area contributed by atoms with Crippen LogP contribution in [-0.2, 0) is 10.0 Å². The van der Waals surface area contributed by atoms with E-state index in [2.05, 4.69) is 19.9 Å². The van der Waals surface area contributed by atoms with E-state index in [1.165, 1.54) is 13.0 Å². The highest BCUT2D eigenvalue weighted by molar-refractivity contribution is 7.92. The number of nitrogen functional groups attached to an aromatic ring is 1. The van der Waals surface area contributed by atoms with Gasteiger partial charge in [-0.25, -0.2) is 22.5 Å². The van der Waals surface area contributed by atoms with E-state index >= 15 is 0 Å². The molecule has 1 aromatic carbocycles. The molecule has 21 heavy (non-hydrogen) atoms. The number of aryl methyl sites for hydroxylation is 3. The molecule has 2 aromatic rings. The number of nitrogens with zero attached hydrogens (tertiary/aromatic N) is 3. The van der Waals surface area contributed by atoms with E-state index in [0.29, 0.717) is 11.4 Å². The number of hydrogen-bond donors (Lipinski definition) is 2. The summed E-state index contributed by atoms with van der Waals surface area (Å²) < 4.78 is 40.1. The number of nitrogens with two attached hydrogens (primary N) is 1. The van der Waals surface area contributed by atoms with Crippen molar-refractivity contribution in [3.05, 3.63) is 34.9 Å². The number of aromatic nitrogens is 3. The van der Waals surface area contributed by atoms with E-state index in [1.807, 2.05) is 0 Å². The van der Waals surface area contributed by atoms with E-state index in [-0.39, 0.29) is 22.1 Å². The molecular formula is C12H14FN5O2S. The van der Waals surface area contributed by atoms with E-state index in [4.69, 9.17) is 5.73 Å². The second kappa shape index (κ2) is 5.24. The largest absolute Gasteiger partial charge is 0.396 e. The van der Waals surface area contributed by atoms with Gasteiger partial charge in [-0.1, -0.05) is 0 Å². The van der Waals surface area contributed by atoms with Crippen LogP contribution < -0.4 is 10.5 Å². The second-order valence-electron chi connectivity index (χ2n) is 4.56. The minimum atomic E-state index is -3.97. The van der Waals surface area contributed by atoms with Crippen LogP contribution in [0.25, 0.3) is 0 Å². The predicted molar refractivity (Wildman–Crippen MR) is 75.7 cm³/mol. The Balaban J connectivity index is 2.40. The fourth-order valence-electron chi connectivity index (χ4n) is 1.60. The highest BCUT2D eigenvalue weighted by atomic mass is 32.2. The van der Waals surface area contributed by atoms with Crippen molar-refractivity contribution >= 4 is 21.7 Å². The lowest BCUT2D eigenvalue weighted by atomic mass is 10.2. The Morgan fingerprint density at radius 2 is 1.81 bits per heavy atom. The van der Waals surface area contributed by atoms with Crippen molar-refractivity contribution < 1.29 is 12.8 Å². The summed E-state index contributed by atoms with van der Waals surface area (Å²) in [4.78, 5) is 3.81. The number of hydrogen-bond acceptors (Lipinski definition) is 6. The molecule has 2 rings (SSSR count). The van der Waals surface area contributed by atoms with E-state index < -0.39 is 15.8 Å². The summed E-state index contributed by atoms with van der Waals surface area (Å²) in [5, 5.41) is 7.44. The fourth-order valence-corrected chi connectivity index (χ4v) is 2.66. The molecule has 0 amide bonds. The van der Waals surface area contributed by atoms with Crippen LogP contribution in [0.4, 0.5) is 16.0 Å². The first-order valence-electron chi connectivity index (χ1n) is 5.97. The van der Waals surface area contributed by atoms with Gasteiger partial charge < -0.3 is 5.73 Å². The molecule has 0 saturated carbocycles. The topological polar surface area (TPSA) is 111 Å². The average molecular weight is 311 g/mol. The van der Waals surface area contributed by atoms with Crippen LogP contribution in [0.5, 0.6) is 0 Å². The van der Waals surface area contributed by atoms with Crippen molar-refractivity contribution in [1.82, 2.24) is 15.2 Å². The summed E-state index contributed by atoms with van der Waals surface area (Å²) in [5.41, 5.74) is 6.49. The molecule has 0 atom stereocenters. The third-order valence-electron chi connectivity index (χ3n) is 2.88. The molecule has 0 unspecified atom stereocenters. The third-order valence-corrected chi connectivity index (χ3v) is 4.19. The maximum atomic E-state index is 13.4. The first kappa shape index (κ1) is 15.1. The van der Waals surface area contributed by atoms with Gasteiger partial charge in [0.1, 0.15) is 5.82 Å². The Labute approximate surface area is 121 Å². The number of benzene rings is 1. The summed E-state index contributed by atoms with van der Waals surface area (Å²) in [6.07, 6.45) is 0. The van der Waals surface area contributed by atoms with Gasteiger partial charge in [-0.2, -0.15) is 5.10 Å². The summed E-state index contributed by atoms with van der Waals surface area (Å²) >= 11 is 0. The maximum Gasteiger partial charge on any atom is 0.264 e. The zero-order valence-electron chi connectivity index (χ0n) is 11.7. The van der Waals surface area contributed by atoms with E-state index in [0.717, 1.165) is 6.07 Å². The van der Waals surface area contributed by atoms with Crippen LogP contribution in [0.3, 0.4) is 0 Å². The molecule has 0 aliphatic carbocycles. The molecule has 0 fully saturated rings. The minimum absolute atomic E-state index is 0.134. The zero-order chi connectivity index (χ0) is 15.8. The van der Waals surface area contributed by atoms with Gasteiger partial charge in [-0.15, -0.1) is 5.10 Å². The van der Waals surface area contributed by atoms with Gasteiger partial charge in [-0.3, -0.25) is 0 Å². The lowest BCUT2D eigenvalue weighted by molar-refractivity contribution is 0.598. The first-order chi connectivity index (χ1) is 9.70. The van der Waals surface area contributed by atoms with Crippen molar-refractivity contribution in [2.75, 3.05) is 10.5 Å². The molecule has 0 aliphatic rings. The van der Waals surface area contributed by atoms with Gasteiger partial charge in [0.05, 0.1) is 22.0 Å². The van der Waals surface area contributed by atoms with Crippen LogP contribution >= 0.6 is 0 Å². The van der Waals surface area contributed by atoms with Crippen molar-refractivity contribution in [2.45, 2.75) is 25.7 Å². The van der Waals surface area contributed by atoms with E-state index in [9.17, 15) is 12.8 Å². The Bertz CT molecular complexity index is 784. The van der Waals surface area contributed by atoms with Crippen molar-refractivity contribution in [1.29, 1.82) is 0 Å². The molecule has 0 spiro atoms. The minimum Gasteiger partial charge on any atom is -0.396 e. The van der Waals surface area contributed by atoms with Crippen molar-refractivity contribution in [3.8, 4) is 0 Å². The summed E-state index contributed by atoms with van der Waals surface area (Å²) in [7, 11) is -3.97. The van der Waals surface area contributed by atoms with Crippen LogP contribution in [0, 0.1) is 26.6 Å². The van der Waals surface area contributed by atoms with Crippen LogP contribution in [0.1, 0.15) is 17.0 Å². The molecule has 0 aliphatic heterocycles. The Morgan fingerprint density at radius 1 is 1.14 bits per heavy atom. The standard InChI is InChI=1S/C12H14FN5O2S/c1-6-4-9(5-10(14)11(6)13)21(19,20)18-12-15-7(2)8(3)16-17-12/h4-5H,14H2,1-3H3,(H,15,17,18). The van der Waals surface area contributed by atoms with Gasteiger partial charge in [0.25, 0.3) is 16.0 Å². The SMILES string of the molecule is Cc1cc(S(=O)(=O)Nc2nnc(C)c(C)n2)cc(N)c1F. The normalized spacial score (nSPS) is 11.4. The van der Waals surface area contributed by atoms with Gasteiger partial charge in [0.2, 0.25) is 0 Å². The molecule has 0 saturated heterocycles. The molecular weight excluding hydrogens is 297 g/mol. The number of rotatable bonds is 3.